The Morgan fingerprint density at radius 3 is 2.29 bits per heavy atom. The molecule has 0 aromatic rings. The number of halogens is 1. The second kappa shape index (κ2) is 5.76. The molecule has 2 aliphatic rings. The van der Waals surface area contributed by atoms with Crippen molar-refractivity contribution in [3.05, 3.63) is 0 Å². The molecule has 2 rings (SSSR count). The van der Waals surface area contributed by atoms with Crippen LogP contribution >= 0.6 is 27.7 Å². The lowest BCUT2D eigenvalue weighted by atomic mass is 9.96. The highest BCUT2D eigenvalue weighted by Gasteiger charge is 2.25. The number of nitrogens with zero attached hydrogens (tertiary/aromatic N) is 1. The standard InChI is InChI=1S/C11H20BrNS/c12-9-10-1-5-13(6-2-10)11-3-7-14-8-4-11/h10-11H,1-9H2. The topological polar surface area (TPSA) is 3.24 Å². The zero-order valence-electron chi connectivity index (χ0n) is 8.75. The molecule has 0 aliphatic carbocycles. The fourth-order valence-electron chi connectivity index (χ4n) is 2.52. The highest BCUT2D eigenvalue weighted by Crippen LogP contribution is 2.26. The normalized spacial score (nSPS) is 28.1. The first kappa shape index (κ1) is 11.3. The third-order valence-electron chi connectivity index (χ3n) is 3.57. The van der Waals surface area contributed by atoms with Crippen molar-refractivity contribution in [3.8, 4) is 0 Å². The first-order chi connectivity index (χ1) is 6.90. The van der Waals surface area contributed by atoms with Gasteiger partial charge in [0, 0.05) is 11.4 Å². The van der Waals surface area contributed by atoms with Crippen LogP contribution in [0.3, 0.4) is 0 Å². The molecule has 0 unspecified atom stereocenters. The van der Waals surface area contributed by atoms with Crippen LogP contribution < -0.4 is 0 Å². The van der Waals surface area contributed by atoms with Gasteiger partial charge in [0.2, 0.25) is 0 Å². The lowest BCUT2D eigenvalue weighted by molar-refractivity contribution is 0.132. The molecule has 0 atom stereocenters. The fraction of sp³-hybridized carbons (Fsp3) is 1.00. The molecule has 82 valence electrons. The number of thioether (sulfide) groups is 1. The van der Waals surface area contributed by atoms with E-state index in [0.717, 1.165) is 12.0 Å². The first-order valence-corrected chi connectivity index (χ1v) is 8.05. The Labute approximate surface area is 100 Å². The smallest absolute Gasteiger partial charge is 0.0111 e. The van der Waals surface area contributed by atoms with Crippen molar-refractivity contribution in [2.24, 2.45) is 5.92 Å². The predicted octanol–water partition coefficient (Wildman–Crippen LogP) is 2.99. The molecule has 0 aromatic heterocycles. The Bertz CT molecular complexity index is 163. The molecule has 2 saturated heterocycles. The van der Waals surface area contributed by atoms with Crippen molar-refractivity contribution in [1.82, 2.24) is 4.90 Å². The van der Waals surface area contributed by atoms with Gasteiger partial charge in [0.25, 0.3) is 0 Å². The van der Waals surface area contributed by atoms with E-state index in [9.17, 15) is 0 Å². The van der Waals surface area contributed by atoms with Crippen LogP contribution in [-0.2, 0) is 0 Å². The molecule has 0 aromatic carbocycles. The molecule has 14 heavy (non-hydrogen) atoms. The maximum absolute atomic E-state index is 3.60. The average molecular weight is 278 g/mol. The maximum Gasteiger partial charge on any atom is 0.0111 e. The summed E-state index contributed by atoms with van der Waals surface area (Å²) in [6.45, 7) is 2.71. The lowest BCUT2D eigenvalue weighted by Crippen LogP contribution is -2.43. The van der Waals surface area contributed by atoms with Crippen molar-refractivity contribution >= 4 is 27.7 Å². The number of rotatable bonds is 2. The SMILES string of the molecule is BrCC1CCN(C2CCSCC2)CC1. The zero-order chi connectivity index (χ0) is 9.80. The van der Waals surface area contributed by atoms with E-state index in [1.54, 1.807) is 0 Å². The Morgan fingerprint density at radius 2 is 1.71 bits per heavy atom. The number of hydrogen-bond donors (Lipinski definition) is 0. The highest BCUT2D eigenvalue weighted by molar-refractivity contribution is 9.09. The first-order valence-electron chi connectivity index (χ1n) is 5.78. The van der Waals surface area contributed by atoms with Crippen molar-refractivity contribution in [1.29, 1.82) is 0 Å². The minimum atomic E-state index is 0.924. The summed E-state index contributed by atoms with van der Waals surface area (Å²) in [7, 11) is 0. The number of alkyl halides is 1. The summed E-state index contributed by atoms with van der Waals surface area (Å²) >= 11 is 5.74. The third kappa shape index (κ3) is 2.89. The third-order valence-corrected chi connectivity index (χ3v) is 5.54. The van der Waals surface area contributed by atoms with Gasteiger partial charge in [-0.2, -0.15) is 11.8 Å². The molecule has 0 amide bonds. The van der Waals surface area contributed by atoms with Crippen molar-refractivity contribution < 1.29 is 0 Å². The van der Waals surface area contributed by atoms with E-state index in [1.807, 2.05) is 0 Å². The van der Waals surface area contributed by atoms with Crippen molar-refractivity contribution in [3.63, 3.8) is 0 Å². The molecular formula is C11H20BrNS. The fourth-order valence-corrected chi connectivity index (χ4v) is 4.25. The van der Waals surface area contributed by atoms with Crippen LogP contribution in [0.5, 0.6) is 0 Å². The largest absolute Gasteiger partial charge is 0.300 e. The predicted molar refractivity (Wildman–Crippen MR) is 68.4 cm³/mol. The molecule has 0 saturated carbocycles. The molecule has 2 fully saturated rings. The van der Waals surface area contributed by atoms with Crippen LogP contribution in [0.1, 0.15) is 25.7 Å². The van der Waals surface area contributed by atoms with Gasteiger partial charge >= 0.3 is 0 Å². The van der Waals surface area contributed by atoms with Crippen LogP contribution in [0, 0.1) is 5.92 Å². The van der Waals surface area contributed by atoms with E-state index in [0.29, 0.717) is 0 Å². The van der Waals surface area contributed by atoms with Gasteiger partial charge in [-0.3, -0.25) is 0 Å². The van der Waals surface area contributed by atoms with Crippen LogP contribution in [0.4, 0.5) is 0 Å². The number of piperidine rings is 1. The van der Waals surface area contributed by atoms with E-state index >= 15 is 0 Å². The van der Waals surface area contributed by atoms with Crippen LogP contribution in [-0.4, -0.2) is 40.9 Å². The van der Waals surface area contributed by atoms with Gasteiger partial charge in [-0.1, -0.05) is 15.9 Å². The van der Waals surface area contributed by atoms with Gasteiger partial charge in [0.05, 0.1) is 0 Å². The van der Waals surface area contributed by atoms with Gasteiger partial charge in [0.15, 0.2) is 0 Å². The Kier molecular flexibility index (Phi) is 4.64. The minimum Gasteiger partial charge on any atom is -0.300 e. The van der Waals surface area contributed by atoms with Gasteiger partial charge in [-0.05, 0) is 56.2 Å². The van der Waals surface area contributed by atoms with E-state index in [1.165, 1.54) is 55.6 Å². The Balaban J connectivity index is 1.76. The van der Waals surface area contributed by atoms with Crippen molar-refractivity contribution in [2.75, 3.05) is 29.9 Å². The summed E-state index contributed by atoms with van der Waals surface area (Å²) in [5.41, 5.74) is 0. The second-order valence-electron chi connectivity index (χ2n) is 4.48. The number of likely N-dealkylation sites (tertiary alicyclic amines) is 1. The molecule has 0 radical (unpaired) electrons. The second-order valence-corrected chi connectivity index (χ2v) is 6.35. The monoisotopic (exact) mass is 277 g/mol. The van der Waals surface area contributed by atoms with Gasteiger partial charge < -0.3 is 4.90 Å². The number of hydrogen-bond acceptors (Lipinski definition) is 2. The Morgan fingerprint density at radius 1 is 1.07 bits per heavy atom. The molecule has 2 heterocycles. The zero-order valence-corrected chi connectivity index (χ0v) is 11.2. The molecule has 3 heteroatoms. The summed E-state index contributed by atoms with van der Waals surface area (Å²) < 4.78 is 0. The van der Waals surface area contributed by atoms with Crippen LogP contribution in [0.2, 0.25) is 0 Å². The van der Waals surface area contributed by atoms with Gasteiger partial charge in [-0.15, -0.1) is 0 Å². The van der Waals surface area contributed by atoms with E-state index in [2.05, 4.69) is 32.6 Å². The summed E-state index contributed by atoms with van der Waals surface area (Å²) in [6.07, 6.45) is 5.69. The molecule has 0 bridgehead atoms. The van der Waals surface area contributed by atoms with E-state index in [-0.39, 0.29) is 0 Å². The summed E-state index contributed by atoms with van der Waals surface area (Å²) in [6, 6.07) is 0.924. The summed E-state index contributed by atoms with van der Waals surface area (Å²) in [5.74, 6) is 3.73. The van der Waals surface area contributed by atoms with E-state index < -0.39 is 0 Å². The average Bonchev–Trinajstić information content (AvgIpc) is 2.30. The molecule has 0 N–H and O–H groups in total. The van der Waals surface area contributed by atoms with Gasteiger partial charge in [0.1, 0.15) is 0 Å². The molecule has 2 aliphatic heterocycles. The summed E-state index contributed by atoms with van der Waals surface area (Å²) in [5, 5.41) is 1.21. The van der Waals surface area contributed by atoms with Crippen LogP contribution in [0.15, 0.2) is 0 Å². The Hall–Kier alpha value is 0.790. The van der Waals surface area contributed by atoms with Crippen LogP contribution in [0.25, 0.3) is 0 Å². The molecule has 0 spiro atoms. The summed E-state index contributed by atoms with van der Waals surface area (Å²) in [4.78, 5) is 2.75. The highest BCUT2D eigenvalue weighted by atomic mass is 79.9. The minimum absolute atomic E-state index is 0.924. The molecular weight excluding hydrogens is 258 g/mol. The van der Waals surface area contributed by atoms with Gasteiger partial charge in [-0.25, -0.2) is 0 Å². The quantitative estimate of drug-likeness (QED) is 0.714. The maximum atomic E-state index is 3.60. The van der Waals surface area contributed by atoms with Crippen molar-refractivity contribution in [2.45, 2.75) is 31.7 Å². The molecule has 1 nitrogen and oxygen atoms in total. The van der Waals surface area contributed by atoms with E-state index in [4.69, 9.17) is 0 Å². The lowest BCUT2D eigenvalue weighted by Gasteiger charge is -2.38.